The summed E-state index contributed by atoms with van der Waals surface area (Å²) in [6.07, 6.45) is 0.409. The van der Waals surface area contributed by atoms with Gasteiger partial charge in [-0.05, 0) is 29.7 Å². The van der Waals surface area contributed by atoms with E-state index >= 15 is 0 Å². The molecule has 0 bridgehead atoms. The van der Waals surface area contributed by atoms with Crippen LogP contribution in [0.3, 0.4) is 0 Å². The van der Waals surface area contributed by atoms with E-state index in [4.69, 9.17) is 4.55 Å². The number of nitrogens with one attached hydrogen (secondary N) is 1. The molecule has 94 valence electrons. The highest BCUT2D eigenvalue weighted by atomic mass is 32.2. The number of anilines is 1. The molecule has 0 saturated heterocycles. The summed E-state index contributed by atoms with van der Waals surface area (Å²) in [7, 11) is -4.36. The molecule has 0 radical (unpaired) electrons. The molecule has 0 aliphatic carbocycles. The maximum atomic E-state index is 11.1. The Balaban J connectivity index is 2.60. The summed E-state index contributed by atoms with van der Waals surface area (Å²) in [5.74, 6) is 0. The second kappa shape index (κ2) is 4.80. The van der Waals surface area contributed by atoms with Gasteiger partial charge >= 0.3 is 0 Å². The molecule has 0 spiro atoms. The average molecular weight is 285 g/mol. The summed E-state index contributed by atoms with van der Waals surface area (Å²) < 4.78 is 34.9. The second-order valence-electron chi connectivity index (χ2n) is 3.27. The van der Waals surface area contributed by atoms with E-state index in [0.717, 1.165) is 17.6 Å². The van der Waals surface area contributed by atoms with Crippen molar-refractivity contribution in [1.82, 2.24) is 9.59 Å². The number of amides is 1. The minimum absolute atomic E-state index is 0.239. The van der Waals surface area contributed by atoms with Crippen LogP contribution in [0, 0.1) is 0 Å². The van der Waals surface area contributed by atoms with Crippen LogP contribution in [-0.4, -0.2) is 29.0 Å². The van der Waals surface area contributed by atoms with E-state index in [1.807, 2.05) is 0 Å². The van der Waals surface area contributed by atoms with E-state index in [1.54, 1.807) is 5.38 Å². The molecule has 0 atom stereocenters. The number of hydrogen-bond acceptors (Lipinski definition) is 6. The predicted octanol–water partition coefficient (Wildman–Crippen LogP) is 1.02. The average Bonchev–Trinajstić information content (AvgIpc) is 2.81. The van der Waals surface area contributed by atoms with Gasteiger partial charge in [-0.15, -0.1) is 5.10 Å². The molecule has 1 aromatic carbocycles. The fourth-order valence-corrected chi connectivity index (χ4v) is 2.35. The third-order valence-corrected chi connectivity index (χ3v) is 3.42. The zero-order valence-corrected chi connectivity index (χ0v) is 10.4. The molecule has 2 rings (SSSR count). The lowest BCUT2D eigenvalue weighted by Gasteiger charge is -2.05. The highest BCUT2D eigenvalue weighted by Crippen LogP contribution is 2.26. The first kappa shape index (κ1) is 12.6. The SMILES string of the molecule is O=CNc1cc(-c2csnn2)cc(S(=O)(=O)O)c1. The van der Waals surface area contributed by atoms with Gasteiger partial charge in [-0.25, -0.2) is 0 Å². The van der Waals surface area contributed by atoms with Crippen LogP contribution in [-0.2, 0) is 14.9 Å². The van der Waals surface area contributed by atoms with Crippen LogP contribution in [0.4, 0.5) is 5.69 Å². The standard InChI is InChI=1S/C9H7N3O4S2/c13-5-10-7-1-6(9-4-17-12-11-9)2-8(3-7)18(14,15)16/h1-5H,(H,10,13)(H,14,15,16). The van der Waals surface area contributed by atoms with Gasteiger partial charge in [0.2, 0.25) is 6.41 Å². The van der Waals surface area contributed by atoms with Crippen LogP contribution in [0.2, 0.25) is 0 Å². The Labute approximate surface area is 106 Å². The molecule has 1 heterocycles. The Morgan fingerprint density at radius 1 is 1.33 bits per heavy atom. The maximum absolute atomic E-state index is 11.1. The number of carbonyl (C=O) groups excluding carboxylic acids is 1. The molecule has 1 amide bonds. The van der Waals surface area contributed by atoms with Crippen molar-refractivity contribution in [2.75, 3.05) is 5.32 Å². The van der Waals surface area contributed by atoms with Gasteiger partial charge in [0.1, 0.15) is 5.69 Å². The van der Waals surface area contributed by atoms with E-state index < -0.39 is 10.1 Å². The van der Waals surface area contributed by atoms with Crippen molar-refractivity contribution in [1.29, 1.82) is 0 Å². The van der Waals surface area contributed by atoms with Crippen LogP contribution in [0.5, 0.6) is 0 Å². The molecular weight excluding hydrogens is 278 g/mol. The Kier molecular flexibility index (Phi) is 3.36. The number of nitrogens with zero attached hydrogens (tertiary/aromatic N) is 2. The third-order valence-electron chi connectivity index (χ3n) is 2.09. The molecule has 0 aliphatic heterocycles. The van der Waals surface area contributed by atoms with Crippen LogP contribution in [0.1, 0.15) is 0 Å². The second-order valence-corrected chi connectivity index (χ2v) is 5.30. The lowest BCUT2D eigenvalue weighted by atomic mass is 10.1. The molecule has 7 nitrogen and oxygen atoms in total. The minimum atomic E-state index is -4.36. The van der Waals surface area contributed by atoms with Crippen molar-refractivity contribution in [2.24, 2.45) is 0 Å². The summed E-state index contributed by atoms with van der Waals surface area (Å²) in [6.45, 7) is 0. The molecule has 9 heteroatoms. The fraction of sp³-hybridized carbons (Fsp3) is 0. The van der Waals surface area contributed by atoms with Gasteiger partial charge < -0.3 is 5.32 Å². The van der Waals surface area contributed by atoms with E-state index in [0.29, 0.717) is 17.7 Å². The Morgan fingerprint density at radius 3 is 2.67 bits per heavy atom. The van der Waals surface area contributed by atoms with Crippen LogP contribution in [0.15, 0.2) is 28.5 Å². The normalized spacial score (nSPS) is 11.2. The van der Waals surface area contributed by atoms with Gasteiger partial charge in [0.05, 0.1) is 4.90 Å². The molecule has 18 heavy (non-hydrogen) atoms. The van der Waals surface area contributed by atoms with Crippen molar-refractivity contribution in [2.45, 2.75) is 4.90 Å². The van der Waals surface area contributed by atoms with Crippen LogP contribution in [0.25, 0.3) is 11.3 Å². The Hall–Kier alpha value is -1.84. The van der Waals surface area contributed by atoms with E-state index in [-0.39, 0.29) is 10.6 Å². The highest BCUT2D eigenvalue weighted by molar-refractivity contribution is 7.85. The molecule has 0 aliphatic rings. The third kappa shape index (κ3) is 2.70. The molecule has 1 aromatic heterocycles. The quantitative estimate of drug-likeness (QED) is 0.641. The van der Waals surface area contributed by atoms with E-state index in [2.05, 4.69) is 14.9 Å². The first-order chi connectivity index (χ1) is 8.50. The summed E-state index contributed by atoms with van der Waals surface area (Å²) in [6, 6.07) is 3.93. The summed E-state index contributed by atoms with van der Waals surface area (Å²) in [5.41, 5.74) is 1.13. The van der Waals surface area contributed by atoms with Gasteiger partial charge in [-0.1, -0.05) is 4.49 Å². The van der Waals surface area contributed by atoms with Gasteiger partial charge in [-0.2, -0.15) is 8.42 Å². The summed E-state index contributed by atoms with van der Waals surface area (Å²) in [4.78, 5) is 10.1. The van der Waals surface area contributed by atoms with Crippen molar-refractivity contribution in [3.8, 4) is 11.3 Å². The number of carbonyl (C=O) groups is 1. The molecule has 0 fully saturated rings. The van der Waals surface area contributed by atoms with Crippen molar-refractivity contribution in [3.05, 3.63) is 23.6 Å². The van der Waals surface area contributed by atoms with Gasteiger partial charge in [0, 0.05) is 16.6 Å². The van der Waals surface area contributed by atoms with Crippen molar-refractivity contribution >= 4 is 33.7 Å². The number of benzene rings is 1. The predicted molar refractivity (Wildman–Crippen MR) is 64.8 cm³/mol. The van der Waals surface area contributed by atoms with E-state index in [9.17, 15) is 13.2 Å². The molecule has 0 unspecified atom stereocenters. The zero-order chi connectivity index (χ0) is 13.2. The molecule has 0 saturated carbocycles. The van der Waals surface area contributed by atoms with Crippen LogP contribution >= 0.6 is 11.5 Å². The van der Waals surface area contributed by atoms with Crippen LogP contribution < -0.4 is 5.32 Å². The van der Waals surface area contributed by atoms with Gasteiger partial charge in [-0.3, -0.25) is 9.35 Å². The van der Waals surface area contributed by atoms with Gasteiger partial charge in [0.15, 0.2) is 0 Å². The first-order valence-electron chi connectivity index (χ1n) is 4.61. The number of rotatable bonds is 4. The van der Waals surface area contributed by atoms with Gasteiger partial charge in [0.25, 0.3) is 10.1 Å². The lowest BCUT2D eigenvalue weighted by Crippen LogP contribution is -2.01. The largest absolute Gasteiger partial charge is 0.329 e. The fourth-order valence-electron chi connectivity index (χ4n) is 1.34. The van der Waals surface area contributed by atoms with Crippen molar-refractivity contribution < 1.29 is 17.8 Å². The molecular formula is C9H7N3O4S2. The monoisotopic (exact) mass is 285 g/mol. The molecule has 2 N–H and O–H groups in total. The summed E-state index contributed by atoms with van der Waals surface area (Å²) >= 11 is 1.10. The Morgan fingerprint density at radius 2 is 2.11 bits per heavy atom. The zero-order valence-electron chi connectivity index (χ0n) is 8.77. The smallest absolute Gasteiger partial charge is 0.294 e. The minimum Gasteiger partial charge on any atom is -0.329 e. The van der Waals surface area contributed by atoms with Crippen molar-refractivity contribution in [3.63, 3.8) is 0 Å². The lowest BCUT2D eigenvalue weighted by molar-refractivity contribution is -0.105. The topological polar surface area (TPSA) is 109 Å². The number of aromatic nitrogens is 2. The van der Waals surface area contributed by atoms with E-state index in [1.165, 1.54) is 12.1 Å². The molecule has 2 aromatic rings. The highest BCUT2D eigenvalue weighted by Gasteiger charge is 2.14. The Bertz CT molecular complexity index is 667. The first-order valence-corrected chi connectivity index (χ1v) is 6.88. The summed E-state index contributed by atoms with van der Waals surface area (Å²) in [5, 5.41) is 7.73. The maximum Gasteiger partial charge on any atom is 0.294 e. The number of hydrogen-bond donors (Lipinski definition) is 2.